The number of nitrogens with one attached hydrogen (secondary N) is 1. The maximum absolute atomic E-state index is 12.4. The molecule has 0 radical (unpaired) electrons. The second-order valence-corrected chi connectivity index (χ2v) is 6.56. The van der Waals surface area contributed by atoms with Gasteiger partial charge in [-0.1, -0.05) is 30.4 Å². The lowest BCUT2D eigenvalue weighted by Crippen LogP contribution is -2.38. The van der Waals surface area contributed by atoms with Crippen molar-refractivity contribution in [2.45, 2.75) is 19.4 Å². The number of fused-ring (bicyclic) bond motifs is 2. The molecule has 0 spiro atoms. The van der Waals surface area contributed by atoms with Crippen LogP contribution in [0.1, 0.15) is 18.4 Å². The fraction of sp³-hybridized carbons (Fsp3) is 0.368. The van der Waals surface area contributed by atoms with Gasteiger partial charge in [0.15, 0.2) is 0 Å². The largest absolute Gasteiger partial charge is 0.334 e. The Balaban J connectivity index is 1.37. The van der Waals surface area contributed by atoms with Crippen LogP contribution < -0.4 is 5.32 Å². The molecule has 2 aliphatic rings. The van der Waals surface area contributed by atoms with Gasteiger partial charge in [0.1, 0.15) is 0 Å². The highest BCUT2D eigenvalue weighted by atomic mass is 16.2. The number of carbonyl (C=O) groups is 1. The number of pyridine rings is 1. The summed E-state index contributed by atoms with van der Waals surface area (Å²) in [6.07, 6.45) is 8.58. The van der Waals surface area contributed by atoms with Crippen molar-refractivity contribution < 1.29 is 4.79 Å². The number of urea groups is 1. The smallest absolute Gasteiger partial charge is 0.317 e. The molecule has 23 heavy (non-hydrogen) atoms. The number of likely N-dealkylation sites (tertiary alicyclic amines) is 1. The number of allylic oxidation sites excluding steroid dienone is 2. The lowest BCUT2D eigenvalue weighted by molar-refractivity contribution is 0.206. The zero-order valence-corrected chi connectivity index (χ0v) is 13.1. The third kappa shape index (κ3) is 2.93. The maximum Gasteiger partial charge on any atom is 0.317 e. The van der Waals surface area contributed by atoms with Crippen molar-refractivity contribution in [1.82, 2.24) is 15.2 Å². The monoisotopic (exact) mass is 307 g/mol. The van der Waals surface area contributed by atoms with Crippen LogP contribution in [0, 0.1) is 11.8 Å². The summed E-state index contributed by atoms with van der Waals surface area (Å²) in [6, 6.07) is 10.2. The third-order valence-electron chi connectivity index (χ3n) is 5.00. The Morgan fingerprint density at radius 2 is 1.91 bits per heavy atom. The zero-order chi connectivity index (χ0) is 15.6. The summed E-state index contributed by atoms with van der Waals surface area (Å²) in [7, 11) is 0. The summed E-state index contributed by atoms with van der Waals surface area (Å²) in [4.78, 5) is 18.8. The molecule has 0 unspecified atom stereocenters. The number of carbonyl (C=O) groups excluding carboxylic acids is 1. The van der Waals surface area contributed by atoms with Crippen molar-refractivity contribution in [3.8, 4) is 0 Å². The second kappa shape index (κ2) is 6.03. The van der Waals surface area contributed by atoms with Gasteiger partial charge in [-0.3, -0.25) is 4.98 Å². The molecule has 2 aromatic rings. The molecule has 2 amide bonds. The van der Waals surface area contributed by atoms with Gasteiger partial charge in [0.25, 0.3) is 0 Å². The first kappa shape index (κ1) is 14.2. The number of para-hydroxylation sites is 1. The van der Waals surface area contributed by atoms with E-state index in [1.165, 1.54) is 0 Å². The van der Waals surface area contributed by atoms with Crippen LogP contribution >= 0.6 is 0 Å². The Hall–Kier alpha value is -2.36. The van der Waals surface area contributed by atoms with Gasteiger partial charge in [0, 0.05) is 31.2 Å². The van der Waals surface area contributed by atoms with E-state index in [0.29, 0.717) is 18.4 Å². The predicted molar refractivity (Wildman–Crippen MR) is 90.9 cm³/mol. The first-order valence-corrected chi connectivity index (χ1v) is 8.31. The molecule has 0 bridgehead atoms. The molecular formula is C19H21N3O. The lowest BCUT2D eigenvalue weighted by atomic mass is 9.86. The molecule has 4 rings (SSSR count). The highest BCUT2D eigenvalue weighted by Crippen LogP contribution is 2.32. The van der Waals surface area contributed by atoms with Crippen molar-refractivity contribution in [3.63, 3.8) is 0 Å². The van der Waals surface area contributed by atoms with Gasteiger partial charge in [-0.2, -0.15) is 0 Å². The standard InChI is InChI=1S/C19H21N3O/c23-19(22-12-16-6-1-2-7-17(16)13-22)21-11-14-9-15-5-3-4-8-18(15)20-10-14/h1-5,8-10,16-17H,6-7,11-13H2,(H,21,23)/t16-,17+. The van der Waals surface area contributed by atoms with Crippen LogP contribution in [0.25, 0.3) is 10.9 Å². The molecule has 1 aliphatic carbocycles. The number of hydrogen-bond acceptors (Lipinski definition) is 2. The first-order valence-electron chi connectivity index (χ1n) is 8.31. The number of rotatable bonds is 2. The quantitative estimate of drug-likeness (QED) is 0.865. The molecule has 4 nitrogen and oxygen atoms in total. The predicted octanol–water partition coefficient (Wildman–Crippen LogP) is 3.34. The van der Waals surface area contributed by atoms with E-state index in [4.69, 9.17) is 0 Å². The van der Waals surface area contributed by atoms with Crippen LogP contribution in [0.2, 0.25) is 0 Å². The Bertz CT molecular complexity index is 739. The van der Waals surface area contributed by atoms with Crippen molar-refractivity contribution in [2.24, 2.45) is 11.8 Å². The molecule has 1 aromatic heterocycles. The number of aromatic nitrogens is 1. The van der Waals surface area contributed by atoms with E-state index in [-0.39, 0.29) is 6.03 Å². The topological polar surface area (TPSA) is 45.2 Å². The second-order valence-electron chi connectivity index (χ2n) is 6.56. The van der Waals surface area contributed by atoms with Crippen LogP contribution in [-0.2, 0) is 6.54 Å². The number of benzene rings is 1. The van der Waals surface area contributed by atoms with Gasteiger partial charge < -0.3 is 10.2 Å². The molecule has 1 N–H and O–H groups in total. The minimum absolute atomic E-state index is 0.0487. The molecule has 2 atom stereocenters. The molecule has 118 valence electrons. The van der Waals surface area contributed by atoms with Crippen LogP contribution in [-0.4, -0.2) is 29.0 Å². The van der Waals surface area contributed by atoms with E-state index in [1.54, 1.807) is 0 Å². The lowest BCUT2D eigenvalue weighted by Gasteiger charge is -2.17. The van der Waals surface area contributed by atoms with E-state index in [9.17, 15) is 4.79 Å². The number of amides is 2. The molecule has 2 heterocycles. The summed E-state index contributed by atoms with van der Waals surface area (Å²) in [6.45, 7) is 2.30. The average Bonchev–Trinajstić information content (AvgIpc) is 3.04. The normalized spacial score (nSPS) is 23.0. The number of nitrogens with zero attached hydrogens (tertiary/aromatic N) is 2. The Labute approximate surface area is 136 Å². The van der Waals surface area contributed by atoms with E-state index in [0.717, 1.165) is 42.4 Å². The van der Waals surface area contributed by atoms with Gasteiger partial charge >= 0.3 is 6.03 Å². The van der Waals surface area contributed by atoms with Gasteiger partial charge in [0.05, 0.1) is 5.52 Å². The molecule has 1 aliphatic heterocycles. The van der Waals surface area contributed by atoms with Gasteiger partial charge in [-0.15, -0.1) is 0 Å². The average molecular weight is 307 g/mol. The zero-order valence-electron chi connectivity index (χ0n) is 13.1. The minimum Gasteiger partial charge on any atom is -0.334 e. The van der Waals surface area contributed by atoms with Crippen molar-refractivity contribution in [2.75, 3.05) is 13.1 Å². The van der Waals surface area contributed by atoms with Crippen LogP contribution in [0.15, 0.2) is 48.7 Å². The Morgan fingerprint density at radius 1 is 1.17 bits per heavy atom. The Kier molecular flexibility index (Phi) is 3.74. The molecule has 4 heteroatoms. The van der Waals surface area contributed by atoms with Crippen molar-refractivity contribution in [1.29, 1.82) is 0 Å². The molecule has 1 fully saturated rings. The van der Waals surface area contributed by atoms with Crippen LogP contribution in [0.3, 0.4) is 0 Å². The molecule has 1 aromatic carbocycles. The summed E-state index contributed by atoms with van der Waals surface area (Å²) < 4.78 is 0. The van der Waals surface area contributed by atoms with Crippen LogP contribution in [0.5, 0.6) is 0 Å². The van der Waals surface area contributed by atoms with Gasteiger partial charge in [-0.05, 0) is 42.4 Å². The van der Waals surface area contributed by atoms with E-state index >= 15 is 0 Å². The van der Waals surface area contributed by atoms with Crippen molar-refractivity contribution >= 4 is 16.9 Å². The summed E-state index contributed by atoms with van der Waals surface area (Å²) in [5.74, 6) is 1.29. The summed E-state index contributed by atoms with van der Waals surface area (Å²) >= 11 is 0. The maximum atomic E-state index is 12.4. The van der Waals surface area contributed by atoms with Crippen molar-refractivity contribution in [3.05, 3.63) is 54.2 Å². The van der Waals surface area contributed by atoms with E-state index in [2.05, 4.69) is 28.5 Å². The van der Waals surface area contributed by atoms with Crippen LogP contribution in [0.4, 0.5) is 4.79 Å². The Morgan fingerprint density at radius 3 is 2.70 bits per heavy atom. The van der Waals surface area contributed by atoms with Gasteiger partial charge in [0.2, 0.25) is 0 Å². The van der Waals surface area contributed by atoms with E-state index < -0.39 is 0 Å². The molecule has 1 saturated heterocycles. The highest BCUT2D eigenvalue weighted by Gasteiger charge is 2.34. The fourth-order valence-electron chi connectivity index (χ4n) is 3.68. The number of hydrogen-bond donors (Lipinski definition) is 1. The minimum atomic E-state index is 0.0487. The summed E-state index contributed by atoms with van der Waals surface area (Å²) in [5.41, 5.74) is 2.02. The summed E-state index contributed by atoms with van der Waals surface area (Å²) in [5, 5.41) is 4.15. The SMILES string of the molecule is O=C(NCc1cnc2ccccc2c1)N1C[C@H]2CC=CC[C@H]2C1. The molecule has 0 saturated carbocycles. The first-order chi connectivity index (χ1) is 11.3. The van der Waals surface area contributed by atoms with Gasteiger partial charge in [-0.25, -0.2) is 4.79 Å². The molecular weight excluding hydrogens is 286 g/mol. The van der Waals surface area contributed by atoms with E-state index in [1.807, 2.05) is 35.4 Å². The third-order valence-corrected chi connectivity index (χ3v) is 5.00. The fourth-order valence-corrected chi connectivity index (χ4v) is 3.68. The highest BCUT2D eigenvalue weighted by molar-refractivity contribution is 5.79.